The number of hydrogen-bond acceptors (Lipinski definition) is 4. The van der Waals surface area contributed by atoms with E-state index >= 15 is 0 Å². The van der Waals surface area contributed by atoms with E-state index in [1.54, 1.807) is 6.92 Å². The van der Waals surface area contributed by atoms with Crippen molar-refractivity contribution in [1.82, 2.24) is 9.80 Å². The lowest BCUT2D eigenvalue weighted by Crippen LogP contribution is -2.43. The van der Waals surface area contributed by atoms with Crippen LogP contribution in [-0.2, 0) is 9.59 Å². The van der Waals surface area contributed by atoms with Gasteiger partial charge in [-0.2, -0.15) is 0 Å². The normalized spacial score (nSPS) is 15.2. The molecule has 0 radical (unpaired) electrons. The molecule has 1 heterocycles. The van der Waals surface area contributed by atoms with Crippen molar-refractivity contribution in [3.8, 4) is 11.5 Å². The molecule has 6 heteroatoms. The summed E-state index contributed by atoms with van der Waals surface area (Å²) in [7, 11) is 0. The second kappa shape index (κ2) is 11.6. The van der Waals surface area contributed by atoms with E-state index in [9.17, 15) is 9.59 Å². The monoisotopic (exact) mass is 438 g/mol. The van der Waals surface area contributed by atoms with Crippen LogP contribution in [0.3, 0.4) is 0 Å². The van der Waals surface area contributed by atoms with Crippen LogP contribution in [-0.4, -0.2) is 60.5 Å². The fourth-order valence-electron chi connectivity index (χ4n) is 3.88. The van der Waals surface area contributed by atoms with E-state index in [1.807, 2.05) is 64.4 Å². The van der Waals surface area contributed by atoms with Crippen LogP contribution in [0.2, 0.25) is 0 Å². The zero-order valence-corrected chi connectivity index (χ0v) is 19.3. The van der Waals surface area contributed by atoms with Crippen LogP contribution in [0.5, 0.6) is 11.5 Å². The minimum Gasteiger partial charge on any atom is -0.493 e. The van der Waals surface area contributed by atoms with Crippen molar-refractivity contribution in [3.05, 3.63) is 60.2 Å². The third-order valence-corrected chi connectivity index (χ3v) is 5.68. The smallest absolute Gasteiger partial charge is 0.263 e. The first-order valence-corrected chi connectivity index (χ1v) is 11.5. The van der Waals surface area contributed by atoms with Crippen molar-refractivity contribution in [1.29, 1.82) is 0 Å². The number of para-hydroxylation sites is 2. The van der Waals surface area contributed by atoms with Gasteiger partial charge in [0.05, 0.1) is 13.0 Å². The second-order valence-corrected chi connectivity index (χ2v) is 8.42. The Bertz CT molecular complexity index is 884. The number of carbonyl (C=O) groups is 2. The molecule has 32 heavy (non-hydrogen) atoms. The summed E-state index contributed by atoms with van der Waals surface area (Å²) >= 11 is 0. The summed E-state index contributed by atoms with van der Waals surface area (Å²) in [5.41, 5.74) is 1.09. The molecular formula is C26H34N2O4. The van der Waals surface area contributed by atoms with E-state index in [2.05, 4.69) is 13.8 Å². The molecule has 1 unspecified atom stereocenters. The maximum Gasteiger partial charge on any atom is 0.263 e. The summed E-state index contributed by atoms with van der Waals surface area (Å²) in [5.74, 6) is 1.86. The zero-order valence-electron chi connectivity index (χ0n) is 19.3. The Labute approximate surface area is 191 Å². The molecule has 0 aromatic heterocycles. The van der Waals surface area contributed by atoms with Crippen LogP contribution in [0.4, 0.5) is 0 Å². The Kier molecular flexibility index (Phi) is 8.54. The van der Waals surface area contributed by atoms with E-state index in [0.717, 1.165) is 23.5 Å². The Hall–Kier alpha value is -3.02. The van der Waals surface area contributed by atoms with E-state index in [-0.39, 0.29) is 11.8 Å². The highest BCUT2D eigenvalue weighted by molar-refractivity contribution is 5.81. The summed E-state index contributed by atoms with van der Waals surface area (Å²) in [4.78, 5) is 29.3. The van der Waals surface area contributed by atoms with Gasteiger partial charge in [0, 0.05) is 26.2 Å². The van der Waals surface area contributed by atoms with Crippen molar-refractivity contribution in [2.45, 2.75) is 45.6 Å². The summed E-state index contributed by atoms with van der Waals surface area (Å²) in [6.07, 6.45) is 0.511. The number of amides is 2. The molecule has 1 aliphatic rings. The molecule has 0 aliphatic carbocycles. The molecule has 1 fully saturated rings. The fraction of sp³-hybridized carbons (Fsp3) is 0.462. The molecule has 1 saturated heterocycles. The number of carbonyl (C=O) groups excluding carboxylic acids is 2. The Balaban J connectivity index is 1.48. The Morgan fingerprint density at radius 3 is 2.28 bits per heavy atom. The molecule has 172 valence electrons. The number of rotatable bonds is 8. The maximum absolute atomic E-state index is 13.0. The predicted molar refractivity (Wildman–Crippen MR) is 125 cm³/mol. The molecule has 0 spiro atoms. The highest BCUT2D eigenvalue weighted by Crippen LogP contribution is 2.27. The largest absolute Gasteiger partial charge is 0.493 e. The molecule has 0 saturated carbocycles. The number of ether oxygens (including phenoxy) is 2. The predicted octanol–water partition coefficient (Wildman–Crippen LogP) is 4.11. The lowest BCUT2D eigenvalue weighted by atomic mass is 10.0. The van der Waals surface area contributed by atoms with Crippen LogP contribution in [0.25, 0.3) is 0 Å². The fourth-order valence-corrected chi connectivity index (χ4v) is 3.88. The van der Waals surface area contributed by atoms with Crippen LogP contribution < -0.4 is 9.47 Å². The van der Waals surface area contributed by atoms with E-state index < -0.39 is 6.10 Å². The molecule has 2 aromatic rings. The first-order valence-electron chi connectivity index (χ1n) is 11.5. The molecule has 2 amide bonds. The van der Waals surface area contributed by atoms with Gasteiger partial charge in [0.2, 0.25) is 5.91 Å². The second-order valence-electron chi connectivity index (χ2n) is 8.42. The third-order valence-electron chi connectivity index (χ3n) is 5.68. The average molecular weight is 439 g/mol. The molecular weight excluding hydrogens is 404 g/mol. The van der Waals surface area contributed by atoms with Gasteiger partial charge in [-0.3, -0.25) is 9.59 Å². The molecule has 0 N–H and O–H groups in total. The highest BCUT2D eigenvalue weighted by atomic mass is 16.5. The van der Waals surface area contributed by atoms with Crippen LogP contribution >= 0.6 is 0 Å². The number of hydrogen-bond donors (Lipinski definition) is 0. The highest BCUT2D eigenvalue weighted by Gasteiger charge is 2.26. The first kappa shape index (κ1) is 23.6. The summed E-state index contributed by atoms with van der Waals surface area (Å²) < 4.78 is 11.7. The van der Waals surface area contributed by atoms with Crippen LogP contribution in [0, 0.1) is 0 Å². The molecule has 6 nitrogen and oxygen atoms in total. The van der Waals surface area contributed by atoms with Gasteiger partial charge in [0.15, 0.2) is 6.10 Å². The summed E-state index contributed by atoms with van der Waals surface area (Å²) in [6.45, 7) is 8.70. The minimum atomic E-state index is -0.573. The molecule has 2 aromatic carbocycles. The van der Waals surface area contributed by atoms with E-state index in [4.69, 9.17) is 9.47 Å². The average Bonchev–Trinajstić information content (AvgIpc) is 3.06. The van der Waals surface area contributed by atoms with E-state index in [1.165, 1.54) is 0 Å². The van der Waals surface area contributed by atoms with Crippen molar-refractivity contribution < 1.29 is 19.1 Å². The van der Waals surface area contributed by atoms with Gasteiger partial charge in [-0.05, 0) is 43.0 Å². The minimum absolute atomic E-state index is 0.0368. The molecule has 3 rings (SSSR count). The lowest BCUT2D eigenvalue weighted by Gasteiger charge is -2.26. The lowest BCUT2D eigenvalue weighted by molar-refractivity contribution is -0.138. The Morgan fingerprint density at radius 1 is 0.875 bits per heavy atom. The van der Waals surface area contributed by atoms with Gasteiger partial charge in [-0.25, -0.2) is 0 Å². The van der Waals surface area contributed by atoms with Crippen molar-refractivity contribution in [2.75, 3.05) is 32.8 Å². The number of nitrogens with zero attached hydrogens (tertiary/aromatic N) is 2. The van der Waals surface area contributed by atoms with Gasteiger partial charge in [-0.1, -0.05) is 50.2 Å². The van der Waals surface area contributed by atoms with Crippen molar-refractivity contribution >= 4 is 11.8 Å². The quantitative estimate of drug-likeness (QED) is 0.622. The molecule has 0 bridgehead atoms. The van der Waals surface area contributed by atoms with Gasteiger partial charge >= 0.3 is 0 Å². The van der Waals surface area contributed by atoms with Gasteiger partial charge in [0.25, 0.3) is 5.91 Å². The van der Waals surface area contributed by atoms with Crippen molar-refractivity contribution in [3.63, 3.8) is 0 Å². The Morgan fingerprint density at radius 2 is 1.53 bits per heavy atom. The zero-order chi connectivity index (χ0) is 22.9. The molecule has 1 aliphatic heterocycles. The van der Waals surface area contributed by atoms with Crippen LogP contribution in [0.15, 0.2) is 54.6 Å². The maximum atomic E-state index is 13.0. The number of benzene rings is 2. The SMILES string of the molecule is CC(Oc1ccccc1C(C)C)C(=O)N1CCCN(C(=O)CCOc2ccccc2)CC1. The topological polar surface area (TPSA) is 59.1 Å². The third kappa shape index (κ3) is 6.49. The van der Waals surface area contributed by atoms with Crippen LogP contribution in [0.1, 0.15) is 45.1 Å². The van der Waals surface area contributed by atoms with Gasteiger partial charge in [-0.15, -0.1) is 0 Å². The van der Waals surface area contributed by atoms with E-state index in [0.29, 0.717) is 45.1 Å². The first-order chi connectivity index (χ1) is 15.5. The molecule has 1 atom stereocenters. The summed E-state index contributed by atoms with van der Waals surface area (Å²) in [5, 5.41) is 0. The van der Waals surface area contributed by atoms with Gasteiger partial charge < -0.3 is 19.3 Å². The summed E-state index contributed by atoms with van der Waals surface area (Å²) in [6, 6.07) is 17.4. The van der Waals surface area contributed by atoms with Crippen molar-refractivity contribution in [2.24, 2.45) is 0 Å². The van der Waals surface area contributed by atoms with Gasteiger partial charge in [0.1, 0.15) is 11.5 Å². The standard InChI is InChI=1S/C26H34N2O4/c1-20(2)23-12-7-8-13-24(23)32-21(3)26(30)28-16-9-15-27(17-18-28)25(29)14-19-31-22-10-5-4-6-11-22/h4-8,10-13,20-21H,9,14-19H2,1-3H3.